The second-order valence-electron chi connectivity index (χ2n) is 3.37. The Morgan fingerprint density at radius 2 is 1.44 bits per heavy atom. The molecule has 0 fully saturated rings. The van der Waals surface area contributed by atoms with Crippen molar-refractivity contribution in [3.8, 4) is 16.9 Å². The Hall–Kier alpha value is -1.57. The van der Waals surface area contributed by atoms with E-state index >= 15 is 0 Å². The van der Waals surface area contributed by atoms with Gasteiger partial charge >= 0.3 is 0 Å². The first-order chi connectivity index (χ1) is 7.70. The zero-order valence-electron chi connectivity index (χ0n) is 8.42. The van der Waals surface area contributed by atoms with Crippen molar-refractivity contribution in [3.05, 3.63) is 48.5 Å². The van der Waals surface area contributed by atoms with Crippen LogP contribution in [-0.2, 0) is 4.57 Å². The number of phenolic OH excluding ortho intramolecular Hbond substituents is 1. The van der Waals surface area contributed by atoms with Crippen molar-refractivity contribution in [1.82, 2.24) is 0 Å². The molecule has 1 atom stereocenters. The van der Waals surface area contributed by atoms with Crippen molar-refractivity contribution in [2.75, 3.05) is 0 Å². The van der Waals surface area contributed by atoms with Crippen LogP contribution in [0.25, 0.3) is 11.1 Å². The minimum Gasteiger partial charge on any atom is -0.507 e. The highest BCUT2D eigenvalue weighted by Gasteiger charge is 2.10. The van der Waals surface area contributed by atoms with Gasteiger partial charge in [-0.15, -0.1) is 0 Å². The van der Waals surface area contributed by atoms with Crippen molar-refractivity contribution in [2.24, 2.45) is 0 Å². The summed E-state index contributed by atoms with van der Waals surface area (Å²) in [5, 5.41) is 10.1. The largest absolute Gasteiger partial charge is 0.507 e. The summed E-state index contributed by atoms with van der Waals surface area (Å²) < 4.78 is 11.2. The molecule has 0 amide bonds. The molecular formula is C12H11O3P. The molecule has 0 aliphatic carbocycles. The minimum absolute atomic E-state index is 0.109. The molecule has 0 aliphatic rings. The van der Waals surface area contributed by atoms with E-state index in [1.54, 1.807) is 48.5 Å². The van der Waals surface area contributed by atoms with Crippen LogP contribution in [0.5, 0.6) is 5.75 Å². The van der Waals surface area contributed by atoms with Crippen LogP contribution in [-0.4, -0.2) is 10.00 Å². The second kappa shape index (κ2) is 4.52. The van der Waals surface area contributed by atoms with Gasteiger partial charge in [-0.3, -0.25) is 4.57 Å². The number of hydrogen-bond donors (Lipinski definition) is 2. The lowest BCUT2D eigenvalue weighted by Gasteiger charge is -2.08. The van der Waals surface area contributed by atoms with Crippen LogP contribution < -0.4 is 5.30 Å². The lowest BCUT2D eigenvalue weighted by molar-refractivity contribution is 0.477. The predicted octanol–water partition coefficient (Wildman–Crippen LogP) is 2.15. The number of benzene rings is 2. The number of rotatable bonds is 2. The van der Waals surface area contributed by atoms with Gasteiger partial charge in [-0.1, -0.05) is 36.4 Å². The van der Waals surface area contributed by atoms with Crippen LogP contribution in [0.1, 0.15) is 0 Å². The second-order valence-corrected chi connectivity index (χ2v) is 4.52. The van der Waals surface area contributed by atoms with Gasteiger partial charge in [0, 0.05) is 10.9 Å². The Kier molecular flexibility index (Phi) is 3.09. The molecule has 0 bridgehead atoms. The van der Waals surface area contributed by atoms with E-state index in [0.29, 0.717) is 16.4 Å². The average molecular weight is 234 g/mol. The molecule has 2 aromatic rings. The zero-order chi connectivity index (χ0) is 11.5. The fraction of sp³-hybridized carbons (Fsp3) is 0. The quantitative estimate of drug-likeness (QED) is 0.783. The van der Waals surface area contributed by atoms with Gasteiger partial charge in [0.1, 0.15) is 5.75 Å². The Labute approximate surface area is 93.9 Å². The molecular weight excluding hydrogens is 223 g/mol. The summed E-state index contributed by atoms with van der Waals surface area (Å²) in [6.07, 6.45) is 0. The third-order valence-corrected chi connectivity index (χ3v) is 3.25. The molecule has 0 aromatic heterocycles. The molecule has 2 aromatic carbocycles. The molecule has 0 saturated heterocycles. The van der Waals surface area contributed by atoms with Crippen LogP contribution in [0, 0.1) is 0 Å². The maximum Gasteiger partial charge on any atom is 0.218 e. The summed E-state index contributed by atoms with van der Waals surface area (Å²) >= 11 is 0. The summed E-state index contributed by atoms with van der Waals surface area (Å²) in [6.45, 7) is 0. The standard InChI is InChI=1S/C12H11O3P/c13-11-7-3-1-5-9(11)10-6-2-4-8-12(10)16(14)15/h1-8,13,16H,(H,14,15). The van der Waals surface area contributed by atoms with Crippen molar-refractivity contribution < 1.29 is 14.6 Å². The van der Waals surface area contributed by atoms with E-state index in [4.69, 9.17) is 0 Å². The first-order valence-electron chi connectivity index (χ1n) is 4.81. The van der Waals surface area contributed by atoms with Crippen molar-refractivity contribution in [1.29, 1.82) is 0 Å². The molecule has 2 rings (SSSR count). The number of hydrogen-bond acceptors (Lipinski definition) is 2. The Morgan fingerprint density at radius 3 is 2.06 bits per heavy atom. The monoisotopic (exact) mass is 234 g/mol. The summed E-state index contributed by atoms with van der Waals surface area (Å²) in [5.74, 6) is 0.109. The molecule has 3 nitrogen and oxygen atoms in total. The van der Waals surface area contributed by atoms with Gasteiger partial charge in [-0.05, 0) is 17.7 Å². The topological polar surface area (TPSA) is 57.5 Å². The molecule has 16 heavy (non-hydrogen) atoms. The molecule has 0 saturated carbocycles. The summed E-state index contributed by atoms with van der Waals surface area (Å²) in [4.78, 5) is 9.22. The maximum atomic E-state index is 11.2. The van der Waals surface area contributed by atoms with Crippen molar-refractivity contribution in [3.63, 3.8) is 0 Å². The third-order valence-electron chi connectivity index (χ3n) is 2.35. The maximum absolute atomic E-state index is 11.2. The van der Waals surface area contributed by atoms with Crippen LogP contribution in [0.4, 0.5) is 0 Å². The van der Waals surface area contributed by atoms with Gasteiger partial charge in [0.15, 0.2) is 0 Å². The van der Waals surface area contributed by atoms with Crippen LogP contribution >= 0.6 is 8.03 Å². The molecule has 1 unspecified atom stereocenters. The van der Waals surface area contributed by atoms with Crippen molar-refractivity contribution >= 4 is 13.3 Å². The number of para-hydroxylation sites is 1. The van der Waals surface area contributed by atoms with Gasteiger partial charge in [0.2, 0.25) is 8.03 Å². The van der Waals surface area contributed by atoms with Gasteiger partial charge in [0.05, 0.1) is 0 Å². The fourth-order valence-corrected chi connectivity index (χ4v) is 2.29. The van der Waals surface area contributed by atoms with Crippen LogP contribution in [0.3, 0.4) is 0 Å². The molecule has 2 N–H and O–H groups in total. The van der Waals surface area contributed by atoms with E-state index in [1.165, 1.54) is 0 Å². The predicted molar refractivity (Wildman–Crippen MR) is 64.4 cm³/mol. The third kappa shape index (κ3) is 2.01. The van der Waals surface area contributed by atoms with E-state index in [1.807, 2.05) is 0 Å². The molecule has 4 heteroatoms. The van der Waals surface area contributed by atoms with E-state index < -0.39 is 8.03 Å². The van der Waals surface area contributed by atoms with Gasteiger partial charge in [-0.2, -0.15) is 0 Å². The van der Waals surface area contributed by atoms with E-state index in [-0.39, 0.29) is 5.75 Å². The van der Waals surface area contributed by atoms with E-state index in [0.717, 1.165) is 0 Å². The normalized spacial score (nSPS) is 12.3. The highest BCUT2D eigenvalue weighted by Crippen LogP contribution is 2.31. The molecule has 0 spiro atoms. The highest BCUT2D eigenvalue weighted by atomic mass is 31.1. The molecule has 0 aliphatic heterocycles. The Bertz CT molecular complexity index is 537. The van der Waals surface area contributed by atoms with Gasteiger partial charge < -0.3 is 10.00 Å². The molecule has 0 heterocycles. The van der Waals surface area contributed by atoms with Crippen molar-refractivity contribution in [2.45, 2.75) is 0 Å². The van der Waals surface area contributed by atoms with E-state index in [2.05, 4.69) is 0 Å². The number of phenols is 1. The summed E-state index contributed by atoms with van der Waals surface area (Å²) in [6, 6.07) is 13.6. The SMILES string of the molecule is O=[PH](O)c1ccccc1-c1ccccc1O. The minimum atomic E-state index is -2.77. The molecule has 82 valence electrons. The highest BCUT2D eigenvalue weighted by molar-refractivity contribution is 7.47. The fourth-order valence-electron chi connectivity index (χ4n) is 1.61. The first-order valence-corrected chi connectivity index (χ1v) is 6.16. The van der Waals surface area contributed by atoms with E-state index in [9.17, 15) is 14.6 Å². The number of aromatic hydroxyl groups is 1. The summed E-state index contributed by atoms with van der Waals surface area (Å²) in [7, 11) is -2.77. The first kappa shape index (κ1) is 10.9. The van der Waals surface area contributed by atoms with Crippen LogP contribution in [0.2, 0.25) is 0 Å². The Balaban J connectivity index is 2.65. The Morgan fingerprint density at radius 1 is 0.875 bits per heavy atom. The average Bonchev–Trinajstić information content (AvgIpc) is 2.29. The van der Waals surface area contributed by atoms with Gasteiger partial charge in [0.25, 0.3) is 0 Å². The lowest BCUT2D eigenvalue weighted by atomic mass is 10.0. The summed E-state index contributed by atoms with van der Waals surface area (Å²) in [5.41, 5.74) is 1.18. The zero-order valence-corrected chi connectivity index (χ0v) is 9.42. The molecule has 0 radical (unpaired) electrons. The lowest BCUT2D eigenvalue weighted by Crippen LogP contribution is -2.00. The van der Waals surface area contributed by atoms with Crippen LogP contribution in [0.15, 0.2) is 48.5 Å². The smallest absolute Gasteiger partial charge is 0.218 e. The van der Waals surface area contributed by atoms with Gasteiger partial charge in [-0.25, -0.2) is 0 Å².